The summed E-state index contributed by atoms with van der Waals surface area (Å²) in [4.78, 5) is 0. The lowest BCUT2D eigenvalue weighted by Gasteiger charge is -2.10. The molecule has 0 saturated carbocycles. The van der Waals surface area contributed by atoms with Gasteiger partial charge in [-0.3, -0.25) is 4.68 Å². The van der Waals surface area contributed by atoms with Gasteiger partial charge < -0.3 is 10.6 Å². The van der Waals surface area contributed by atoms with Crippen molar-refractivity contribution in [2.24, 2.45) is 5.92 Å². The highest BCUT2D eigenvalue weighted by atomic mass is 32.1. The fourth-order valence-electron chi connectivity index (χ4n) is 1.90. The quantitative estimate of drug-likeness (QED) is 0.487. The van der Waals surface area contributed by atoms with Crippen molar-refractivity contribution in [1.29, 1.82) is 0 Å². The van der Waals surface area contributed by atoms with E-state index in [0.29, 0.717) is 23.4 Å². The van der Waals surface area contributed by atoms with Gasteiger partial charge in [0.1, 0.15) is 0 Å². The molecule has 0 unspecified atom stereocenters. The van der Waals surface area contributed by atoms with Gasteiger partial charge in [-0.15, -0.1) is 0 Å². The molecule has 9 heteroatoms. The molecule has 0 amide bonds. The monoisotopic (exact) mass is 360 g/mol. The van der Waals surface area contributed by atoms with Crippen molar-refractivity contribution in [3.63, 3.8) is 0 Å². The average Bonchev–Trinajstić information content (AvgIpc) is 2.94. The van der Waals surface area contributed by atoms with E-state index in [-0.39, 0.29) is 6.07 Å². The van der Waals surface area contributed by atoms with Gasteiger partial charge in [-0.05, 0) is 18.1 Å². The average molecular weight is 360 g/mol. The predicted octanol–water partition coefficient (Wildman–Crippen LogP) is 3.43. The second-order valence-electron chi connectivity index (χ2n) is 5.57. The zero-order chi connectivity index (χ0) is 17.9. The summed E-state index contributed by atoms with van der Waals surface area (Å²) in [5.74, 6) is -5.03. The van der Waals surface area contributed by atoms with Crippen LogP contribution >= 0.6 is 12.2 Å². The lowest BCUT2D eigenvalue weighted by molar-refractivity contribution is 0.431. The van der Waals surface area contributed by atoms with Crippen LogP contribution in [-0.2, 0) is 6.54 Å². The normalized spacial score (nSPS) is 11.0. The third-order valence-corrected chi connectivity index (χ3v) is 3.32. The van der Waals surface area contributed by atoms with Gasteiger partial charge in [0.05, 0.1) is 12.1 Å². The van der Waals surface area contributed by atoms with Crippen LogP contribution in [0.15, 0.2) is 18.3 Å². The van der Waals surface area contributed by atoms with Crippen LogP contribution in [0.3, 0.4) is 0 Å². The number of benzene rings is 1. The number of hydrogen-bond donors (Lipinski definition) is 2. The Labute approximate surface area is 141 Å². The summed E-state index contributed by atoms with van der Waals surface area (Å²) < 4.78 is 54.9. The molecule has 1 aromatic heterocycles. The molecule has 0 aliphatic heterocycles. The van der Waals surface area contributed by atoms with Crippen LogP contribution in [0.25, 0.3) is 0 Å². The molecule has 0 saturated heterocycles. The van der Waals surface area contributed by atoms with E-state index in [2.05, 4.69) is 15.7 Å². The van der Waals surface area contributed by atoms with Gasteiger partial charge in [0.25, 0.3) is 0 Å². The van der Waals surface area contributed by atoms with Gasteiger partial charge in [0.2, 0.25) is 0 Å². The van der Waals surface area contributed by atoms with Crippen LogP contribution in [0, 0.1) is 29.2 Å². The second kappa shape index (κ2) is 7.61. The molecule has 1 aromatic carbocycles. The summed E-state index contributed by atoms with van der Waals surface area (Å²) in [7, 11) is 0. The van der Waals surface area contributed by atoms with Crippen LogP contribution in [0.1, 0.15) is 19.4 Å². The Hall–Kier alpha value is -2.16. The molecule has 0 radical (unpaired) electrons. The summed E-state index contributed by atoms with van der Waals surface area (Å²) in [6, 6.07) is 1.69. The lowest BCUT2D eigenvalue weighted by atomic mass is 10.2. The molecule has 0 fully saturated rings. The minimum absolute atomic E-state index is 0.170. The molecule has 2 N–H and O–H groups in total. The number of aromatic nitrogens is 2. The molecule has 2 rings (SSSR count). The van der Waals surface area contributed by atoms with Gasteiger partial charge in [-0.25, -0.2) is 17.6 Å². The summed E-state index contributed by atoms with van der Waals surface area (Å²) in [6.45, 7) is 4.25. The first-order chi connectivity index (χ1) is 11.3. The van der Waals surface area contributed by atoms with E-state index in [1.54, 1.807) is 0 Å². The molecule has 2 aromatic rings. The van der Waals surface area contributed by atoms with E-state index in [1.165, 1.54) is 12.3 Å². The van der Waals surface area contributed by atoms with Crippen molar-refractivity contribution in [3.8, 4) is 0 Å². The van der Waals surface area contributed by atoms with Crippen molar-refractivity contribution >= 4 is 23.1 Å². The second-order valence-corrected chi connectivity index (χ2v) is 5.98. The maximum absolute atomic E-state index is 13.7. The lowest BCUT2D eigenvalue weighted by Crippen LogP contribution is -2.31. The molecule has 1 heterocycles. The molecule has 0 atom stereocenters. The first kappa shape index (κ1) is 18.2. The Bertz CT molecular complexity index is 719. The minimum Gasteiger partial charge on any atom is -0.362 e. The van der Waals surface area contributed by atoms with Crippen LogP contribution in [0.5, 0.6) is 0 Å². The number of halogens is 4. The Kier molecular flexibility index (Phi) is 5.76. The Morgan fingerprint density at radius 1 is 1.21 bits per heavy atom. The van der Waals surface area contributed by atoms with E-state index < -0.39 is 35.4 Å². The van der Waals surface area contributed by atoms with E-state index >= 15 is 0 Å². The van der Waals surface area contributed by atoms with Gasteiger partial charge in [-0.1, -0.05) is 13.8 Å². The number of hydrogen-bond acceptors (Lipinski definition) is 2. The molecule has 0 bridgehead atoms. The highest BCUT2D eigenvalue weighted by Crippen LogP contribution is 2.20. The smallest absolute Gasteiger partial charge is 0.171 e. The van der Waals surface area contributed by atoms with Crippen molar-refractivity contribution in [3.05, 3.63) is 47.2 Å². The molecule has 0 spiro atoms. The molecular formula is C15H16F4N4S. The Morgan fingerprint density at radius 3 is 2.42 bits per heavy atom. The van der Waals surface area contributed by atoms with Crippen molar-refractivity contribution in [1.82, 2.24) is 15.1 Å². The predicted molar refractivity (Wildman–Crippen MR) is 86.7 cm³/mol. The molecular weight excluding hydrogens is 344 g/mol. The van der Waals surface area contributed by atoms with Crippen molar-refractivity contribution in [2.75, 3.05) is 11.9 Å². The zero-order valence-corrected chi connectivity index (χ0v) is 13.9. The van der Waals surface area contributed by atoms with Crippen molar-refractivity contribution in [2.45, 2.75) is 20.4 Å². The van der Waals surface area contributed by atoms with Gasteiger partial charge >= 0.3 is 0 Å². The molecule has 24 heavy (non-hydrogen) atoms. The molecule has 0 aliphatic rings. The summed E-state index contributed by atoms with van der Waals surface area (Å²) >= 11 is 5.08. The minimum atomic E-state index is -1.45. The standard InChI is InChI=1S/C15H16F4N4S/c1-8(2)6-20-15(24)21-12-3-4-23(22-12)7-9-13(18)10(16)5-11(17)14(9)19/h3-5,8H,6-7H2,1-2H3,(H2,20,21,22,24). The van der Waals surface area contributed by atoms with Crippen LogP contribution < -0.4 is 10.6 Å². The Balaban J connectivity index is 2.08. The van der Waals surface area contributed by atoms with E-state index in [0.717, 1.165) is 4.68 Å². The number of anilines is 1. The van der Waals surface area contributed by atoms with Gasteiger partial charge in [0.15, 0.2) is 34.2 Å². The first-order valence-electron chi connectivity index (χ1n) is 7.18. The highest BCUT2D eigenvalue weighted by molar-refractivity contribution is 7.80. The van der Waals surface area contributed by atoms with E-state index in [1.807, 2.05) is 13.8 Å². The highest BCUT2D eigenvalue weighted by Gasteiger charge is 2.19. The summed E-state index contributed by atoms with van der Waals surface area (Å²) in [6.07, 6.45) is 1.41. The fraction of sp³-hybridized carbons (Fsp3) is 0.333. The third kappa shape index (κ3) is 4.44. The number of thiocarbonyl (C=S) groups is 1. The van der Waals surface area contributed by atoms with E-state index in [9.17, 15) is 17.6 Å². The largest absolute Gasteiger partial charge is 0.362 e. The summed E-state index contributed by atoms with van der Waals surface area (Å²) in [5, 5.41) is 10.1. The number of nitrogens with one attached hydrogen (secondary N) is 2. The zero-order valence-electron chi connectivity index (χ0n) is 13.0. The molecule has 130 valence electrons. The maximum Gasteiger partial charge on any atom is 0.171 e. The summed E-state index contributed by atoms with van der Waals surface area (Å²) in [5.41, 5.74) is -0.734. The third-order valence-electron chi connectivity index (χ3n) is 3.08. The fourth-order valence-corrected chi connectivity index (χ4v) is 2.09. The molecule has 0 aliphatic carbocycles. The van der Waals surface area contributed by atoms with E-state index in [4.69, 9.17) is 12.2 Å². The van der Waals surface area contributed by atoms with Crippen LogP contribution in [-0.4, -0.2) is 21.4 Å². The van der Waals surface area contributed by atoms with Crippen LogP contribution in [0.2, 0.25) is 0 Å². The first-order valence-corrected chi connectivity index (χ1v) is 7.59. The topological polar surface area (TPSA) is 41.9 Å². The van der Waals surface area contributed by atoms with Gasteiger partial charge in [0, 0.05) is 24.9 Å². The maximum atomic E-state index is 13.7. The van der Waals surface area contributed by atoms with Gasteiger partial charge in [-0.2, -0.15) is 5.10 Å². The van der Waals surface area contributed by atoms with Crippen molar-refractivity contribution < 1.29 is 17.6 Å². The molecule has 4 nitrogen and oxygen atoms in total. The number of nitrogens with zero attached hydrogens (tertiary/aromatic N) is 2. The number of rotatable bonds is 5. The van der Waals surface area contributed by atoms with Crippen LogP contribution in [0.4, 0.5) is 23.4 Å². The SMILES string of the molecule is CC(C)CNC(=S)Nc1ccn(Cc2c(F)c(F)cc(F)c2F)n1. The Morgan fingerprint density at radius 2 is 1.83 bits per heavy atom.